The fraction of sp³-hybridized carbons (Fsp3) is 0.176. The second-order valence-electron chi connectivity index (χ2n) is 4.52. The molecule has 114 valence electrons. The third kappa shape index (κ3) is 4.09. The average molecular weight is 300 g/mol. The van der Waals surface area contributed by atoms with Crippen LogP contribution < -0.4 is 9.47 Å². The number of benzene rings is 2. The van der Waals surface area contributed by atoms with Crippen LogP contribution >= 0.6 is 0 Å². The molecule has 0 aliphatic carbocycles. The van der Waals surface area contributed by atoms with E-state index < -0.39 is 5.97 Å². The SMILES string of the molecule is COC(=O)c1ccc(OC(=O)Cc2cccc(OC)c2)cc1. The minimum atomic E-state index is -0.436. The van der Waals surface area contributed by atoms with Crippen molar-refractivity contribution in [3.63, 3.8) is 0 Å². The Labute approximate surface area is 128 Å². The second kappa shape index (κ2) is 7.26. The van der Waals surface area contributed by atoms with Crippen LogP contribution in [0.4, 0.5) is 0 Å². The molecule has 0 saturated heterocycles. The van der Waals surface area contributed by atoms with Crippen LogP contribution in [0.1, 0.15) is 15.9 Å². The molecule has 5 heteroatoms. The lowest BCUT2D eigenvalue weighted by molar-refractivity contribution is -0.133. The summed E-state index contributed by atoms with van der Waals surface area (Å²) in [5.74, 6) is 0.238. The summed E-state index contributed by atoms with van der Waals surface area (Å²) in [6, 6.07) is 13.4. The number of methoxy groups -OCH3 is 2. The van der Waals surface area contributed by atoms with Crippen molar-refractivity contribution in [2.24, 2.45) is 0 Å². The van der Waals surface area contributed by atoms with Crippen LogP contribution in [0.3, 0.4) is 0 Å². The zero-order valence-corrected chi connectivity index (χ0v) is 12.4. The van der Waals surface area contributed by atoms with Crippen molar-refractivity contribution in [3.05, 3.63) is 59.7 Å². The topological polar surface area (TPSA) is 61.8 Å². The highest BCUT2D eigenvalue weighted by atomic mass is 16.5. The van der Waals surface area contributed by atoms with Gasteiger partial charge in [-0.05, 0) is 42.0 Å². The van der Waals surface area contributed by atoms with Gasteiger partial charge in [0, 0.05) is 0 Å². The summed E-state index contributed by atoms with van der Waals surface area (Å²) >= 11 is 0. The predicted octanol–water partition coefficient (Wildman–Crippen LogP) is 2.63. The molecule has 0 saturated carbocycles. The third-order valence-corrected chi connectivity index (χ3v) is 2.99. The Balaban J connectivity index is 1.98. The molecule has 2 aromatic rings. The molecule has 0 aliphatic rings. The average Bonchev–Trinajstić information content (AvgIpc) is 2.55. The van der Waals surface area contributed by atoms with Crippen molar-refractivity contribution in [1.82, 2.24) is 0 Å². The van der Waals surface area contributed by atoms with Crippen molar-refractivity contribution in [2.75, 3.05) is 14.2 Å². The van der Waals surface area contributed by atoms with Gasteiger partial charge in [0.05, 0.1) is 26.2 Å². The van der Waals surface area contributed by atoms with Gasteiger partial charge in [-0.15, -0.1) is 0 Å². The number of rotatable bonds is 5. The Morgan fingerprint density at radius 3 is 2.32 bits per heavy atom. The summed E-state index contributed by atoms with van der Waals surface area (Å²) in [6.07, 6.45) is 0.135. The van der Waals surface area contributed by atoms with E-state index >= 15 is 0 Å². The summed E-state index contributed by atoms with van der Waals surface area (Å²) in [5, 5.41) is 0. The van der Waals surface area contributed by atoms with Gasteiger partial charge in [0.1, 0.15) is 11.5 Å². The minimum absolute atomic E-state index is 0.135. The van der Waals surface area contributed by atoms with Crippen molar-refractivity contribution in [2.45, 2.75) is 6.42 Å². The van der Waals surface area contributed by atoms with Gasteiger partial charge in [0.25, 0.3) is 0 Å². The van der Waals surface area contributed by atoms with Gasteiger partial charge in [0.2, 0.25) is 0 Å². The normalized spacial score (nSPS) is 9.91. The van der Waals surface area contributed by atoms with Crippen LogP contribution in [-0.2, 0) is 16.0 Å². The lowest BCUT2D eigenvalue weighted by Gasteiger charge is -2.06. The van der Waals surface area contributed by atoms with Gasteiger partial charge in [-0.1, -0.05) is 12.1 Å². The predicted molar refractivity (Wildman–Crippen MR) is 80.1 cm³/mol. The smallest absolute Gasteiger partial charge is 0.337 e. The highest BCUT2D eigenvalue weighted by Gasteiger charge is 2.09. The zero-order valence-electron chi connectivity index (χ0n) is 12.4. The van der Waals surface area contributed by atoms with Gasteiger partial charge in [0.15, 0.2) is 0 Å². The van der Waals surface area contributed by atoms with Gasteiger partial charge < -0.3 is 14.2 Å². The molecular weight excluding hydrogens is 284 g/mol. The number of hydrogen-bond donors (Lipinski definition) is 0. The van der Waals surface area contributed by atoms with Gasteiger partial charge in [-0.25, -0.2) is 4.79 Å². The van der Waals surface area contributed by atoms with Crippen LogP contribution in [0.25, 0.3) is 0 Å². The largest absolute Gasteiger partial charge is 0.497 e. The third-order valence-electron chi connectivity index (χ3n) is 2.99. The fourth-order valence-electron chi connectivity index (χ4n) is 1.89. The standard InChI is InChI=1S/C17H16O5/c1-20-15-5-3-4-12(10-15)11-16(18)22-14-8-6-13(7-9-14)17(19)21-2/h3-10H,11H2,1-2H3. The number of carbonyl (C=O) groups is 2. The number of hydrogen-bond acceptors (Lipinski definition) is 5. The molecule has 0 fully saturated rings. The number of ether oxygens (including phenoxy) is 3. The molecule has 2 rings (SSSR count). The van der Waals surface area contributed by atoms with E-state index in [1.165, 1.54) is 7.11 Å². The van der Waals surface area contributed by atoms with Crippen LogP contribution in [0.15, 0.2) is 48.5 Å². The molecule has 0 spiro atoms. The van der Waals surface area contributed by atoms with Crippen molar-refractivity contribution in [3.8, 4) is 11.5 Å². The summed E-state index contributed by atoms with van der Waals surface area (Å²) < 4.78 is 14.9. The Hall–Kier alpha value is -2.82. The van der Waals surface area contributed by atoms with E-state index in [4.69, 9.17) is 9.47 Å². The maximum Gasteiger partial charge on any atom is 0.337 e. The first-order valence-electron chi connectivity index (χ1n) is 6.64. The monoisotopic (exact) mass is 300 g/mol. The molecule has 0 atom stereocenters. The number of carbonyl (C=O) groups excluding carboxylic acids is 2. The molecule has 0 radical (unpaired) electrons. The Morgan fingerprint density at radius 1 is 0.955 bits per heavy atom. The highest BCUT2D eigenvalue weighted by Crippen LogP contribution is 2.16. The molecule has 0 amide bonds. The second-order valence-corrected chi connectivity index (χ2v) is 4.52. The van der Waals surface area contributed by atoms with Gasteiger partial charge in [-0.2, -0.15) is 0 Å². The summed E-state index contributed by atoms with van der Waals surface area (Å²) in [5.41, 5.74) is 1.20. The summed E-state index contributed by atoms with van der Waals surface area (Å²) in [7, 11) is 2.88. The van der Waals surface area contributed by atoms with E-state index in [9.17, 15) is 9.59 Å². The van der Waals surface area contributed by atoms with E-state index in [1.807, 2.05) is 12.1 Å². The van der Waals surface area contributed by atoms with Crippen molar-refractivity contribution >= 4 is 11.9 Å². The van der Waals surface area contributed by atoms with E-state index in [2.05, 4.69) is 4.74 Å². The van der Waals surface area contributed by atoms with E-state index in [0.29, 0.717) is 17.1 Å². The molecule has 2 aromatic carbocycles. The van der Waals surface area contributed by atoms with Crippen LogP contribution in [0.5, 0.6) is 11.5 Å². The van der Waals surface area contributed by atoms with Crippen LogP contribution in [0, 0.1) is 0 Å². The minimum Gasteiger partial charge on any atom is -0.497 e. The molecule has 5 nitrogen and oxygen atoms in total. The van der Waals surface area contributed by atoms with Crippen molar-refractivity contribution in [1.29, 1.82) is 0 Å². The maximum atomic E-state index is 11.9. The van der Waals surface area contributed by atoms with Gasteiger partial charge >= 0.3 is 11.9 Å². The molecular formula is C17H16O5. The highest BCUT2D eigenvalue weighted by molar-refractivity contribution is 5.89. The molecule has 22 heavy (non-hydrogen) atoms. The van der Waals surface area contributed by atoms with E-state index in [1.54, 1.807) is 43.5 Å². The molecule has 0 N–H and O–H groups in total. The molecule has 0 unspecified atom stereocenters. The molecule has 0 aliphatic heterocycles. The van der Waals surface area contributed by atoms with Crippen LogP contribution in [-0.4, -0.2) is 26.2 Å². The van der Waals surface area contributed by atoms with Crippen LogP contribution in [0.2, 0.25) is 0 Å². The Morgan fingerprint density at radius 2 is 1.68 bits per heavy atom. The van der Waals surface area contributed by atoms with Crippen molar-refractivity contribution < 1.29 is 23.8 Å². The lowest BCUT2D eigenvalue weighted by Crippen LogP contribution is -2.11. The molecule has 0 bridgehead atoms. The van der Waals surface area contributed by atoms with E-state index in [0.717, 1.165) is 5.56 Å². The lowest BCUT2D eigenvalue weighted by atomic mass is 10.1. The first-order chi connectivity index (χ1) is 10.6. The zero-order chi connectivity index (χ0) is 15.9. The summed E-state index contributed by atoms with van der Waals surface area (Å²) in [4.78, 5) is 23.2. The van der Waals surface area contributed by atoms with Gasteiger partial charge in [-0.3, -0.25) is 4.79 Å². The quantitative estimate of drug-likeness (QED) is 0.627. The first-order valence-corrected chi connectivity index (χ1v) is 6.64. The summed E-state index contributed by atoms with van der Waals surface area (Å²) in [6.45, 7) is 0. The maximum absolute atomic E-state index is 11.9. The first kappa shape index (κ1) is 15.6. The van der Waals surface area contributed by atoms with E-state index in [-0.39, 0.29) is 12.4 Å². The number of esters is 2. The Bertz CT molecular complexity index is 661. The molecule has 0 aromatic heterocycles. The Kier molecular flexibility index (Phi) is 5.14. The fourth-order valence-corrected chi connectivity index (χ4v) is 1.89. The molecule has 0 heterocycles.